The SMILES string of the molecule is CCCOC(=O)c1ccc(N2C(=O)C(=O)/C(=C(/O)c3cc(F)ccc3OC)C2c2cccnc2)cc1. The van der Waals surface area contributed by atoms with Crippen LogP contribution in [0.2, 0.25) is 0 Å². The van der Waals surface area contributed by atoms with E-state index in [1.54, 1.807) is 12.1 Å². The number of carbonyl (C=O) groups excluding carboxylic acids is 3. The van der Waals surface area contributed by atoms with Gasteiger partial charge in [0.15, 0.2) is 0 Å². The number of aliphatic hydroxyl groups excluding tert-OH is 1. The highest BCUT2D eigenvalue weighted by Crippen LogP contribution is 2.43. The van der Waals surface area contributed by atoms with Crippen molar-refractivity contribution in [1.29, 1.82) is 0 Å². The number of esters is 1. The van der Waals surface area contributed by atoms with Gasteiger partial charge >= 0.3 is 5.97 Å². The van der Waals surface area contributed by atoms with E-state index in [-0.39, 0.29) is 29.1 Å². The number of ketones is 1. The highest BCUT2D eigenvalue weighted by molar-refractivity contribution is 6.51. The zero-order chi connectivity index (χ0) is 25.8. The molecular weight excluding hydrogens is 467 g/mol. The Morgan fingerprint density at radius 1 is 1.14 bits per heavy atom. The summed E-state index contributed by atoms with van der Waals surface area (Å²) in [5.41, 5.74) is 0.719. The molecule has 0 radical (unpaired) electrons. The van der Waals surface area contributed by atoms with Crippen LogP contribution >= 0.6 is 0 Å². The number of carbonyl (C=O) groups is 3. The Morgan fingerprint density at radius 2 is 1.89 bits per heavy atom. The Bertz CT molecular complexity index is 1340. The molecule has 4 rings (SSSR count). The van der Waals surface area contributed by atoms with Crippen LogP contribution in [0.15, 0.2) is 72.6 Å². The fraction of sp³-hybridized carbons (Fsp3) is 0.185. The summed E-state index contributed by atoms with van der Waals surface area (Å²) in [4.78, 5) is 43.9. The van der Waals surface area contributed by atoms with Crippen LogP contribution in [0.1, 0.15) is 40.9 Å². The molecule has 1 saturated heterocycles. The van der Waals surface area contributed by atoms with Crippen LogP contribution in [0.5, 0.6) is 5.75 Å². The zero-order valence-corrected chi connectivity index (χ0v) is 19.6. The Kier molecular flexibility index (Phi) is 7.10. The van der Waals surface area contributed by atoms with Gasteiger partial charge < -0.3 is 14.6 Å². The molecule has 1 aliphatic rings. The van der Waals surface area contributed by atoms with Gasteiger partial charge in [0.1, 0.15) is 17.3 Å². The van der Waals surface area contributed by atoms with Crippen LogP contribution in [0.4, 0.5) is 10.1 Å². The van der Waals surface area contributed by atoms with E-state index in [0.29, 0.717) is 17.7 Å². The van der Waals surface area contributed by atoms with Gasteiger partial charge in [-0.3, -0.25) is 19.5 Å². The maximum atomic E-state index is 14.0. The molecule has 36 heavy (non-hydrogen) atoms. The van der Waals surface area contributed by atoms with Gasteiger partial charge in [-0.05, 0) is 60.5 Å². The molecule has 3 aromatic rings. The largest absolute Gasteiger partial charge is 0.507 e. The van der Waals surface area contributed by atoms with Gasteiger partial charge in [0.05, 0.1) is 36.5 Å². The third-order valence-corrected chi connectivity index (χ3v) is 5.68. The van der Waals surface area contributed by atoms with Gasteiger partial charge in [-0.2, -0.15) is 0 Å². The van der Waals surface area contributed by atoms with Crippen molar-refractivity contribution in [2.75, 3.05) is 18.6 Å². The number of anilines is 1. The van der Waals surface area contributed by atoms with E-state index in [0.717, 1.165) is 12.1 Å². The number of hydrogen-bond donors (Lipinski definition) is 1. The molecule has 1 aromatic heterocycles. The highest BCUT2D eigenvalue weighted by atomic mass is 19.1. The second-order valence-electron chi connectivity index (χ2n) is 7.98. The molecule has 0 aliphatic carbocycles. The average Bonchev–Trinajstić information content (AvgIpc) is 3.17. The molecule has 1 N–H and O–H groups in total. The normalized spacial score (nSPS) is 16.8. The summed E-state index contributed by atoms with van der Waals surface area (Å²) >= 11 is 0. The standard InChI is InChI=1S/C27H23FN2O6/c1-3-13-36-27(34)16-6-9-19(10-7-16)30-23(17-5-4-12-29-15-17)22(25(32)26(30)33)24(31)20-14-18(28)8-11-21(20)35-2/h4-12,14-15,23,31H,3,13H2,1-2H3/b24-22+. The number of benzene rings is 2. The van der Waals surface area contributed by atoms with Crippen LogP contribution in [0.25, 0.3) is 5.76 Å². The second-order valence-corrected chi connectivity index (χ2v) is 7.98. The molecule has 0 bridgehead atoms. The summed E-state index contributed by atoms with van der Waals surface area (Å²) in [5, 5.41) is 11.2. The molecule has 0 saturated carbocycles. The Morgan fingerprint density at radius 3 is 2.53 bits per heavy atom. The predicted molar refractivity (Wildman–Crippen MR) is 129 cm³/mol. The van der Waals surface area contributed by atoms with E-state index >= 15 is 0 Å². The first-order valence-corrected chi connectivity index (χ1v) is 11.2. The van der Waals surface area contributed by atoms with Gasteiger partial charge in [0, 0.05) is 18.1 Å². The molecule has 9 heteroatoms. The number of aromatic nitrogens is 1. The molecule has 2 heterocycles. The summed E-state index contributed by atoms with van der Waals surface area (Å²) < 4.78 is 24.4. The predicted octanol–water partition coefficient (Wildman–Crippen LogP) is 4.42. The third kappa shape index (κ3) is 4.55. The Balaban J connectivity index is 1.85. The summed E-state index contributed by atoms with van der Waals surface area (Å²) in [5.74, 6) is -3.48. The Labute approximate surface area is 206 Å². The van der Waals surface area contributed by atoms with Crippen molar-refractivity contribution in [3.63, 3.8) is 0 Å². The number of nitrogens with zero attached hydrogens (tertiary/aromatic N) is 2. The molecule has 8 nitrogen and oxygen atoms in total. The fourth-order valence-corrected chi connectivity index (χ4v) is 4.00. The van der Waals surface area contributed by atoms with Crippen LogP contribution in [0, 0.1) is 5.82 Å². The molecule has 1 aliphatic heterocycles. The van der Waals surface area contributed by atoms with Crippen LogP contribution in [0.3, 0.4) is 0 Å². The molecule has 0 spiro atoms. The first-order valence-electron chi connectivity index (χ1n) is 11.2. The van der Waals surface area contributed by atoms with Crippen molar-refractivity contribution in [2.45, 2.75) is 19.4 Å². The van der Waals surface area contributed by atoms with E-state index in [4.69, 9.17) is 9.47 Å². The van der Waals surface area contributed by atoms with Crippen LogP contribution in [-0.4, -0.2) is 41.5 Å². The van der Waals surface area contributed by atoms with Gasteiger partial charge in [-0.25, -0.2) is 9.18 Å². The van der Waals surface area contributed by atoms with Crippen molar-refractivity contribution < 1.29 is 33.4 Å². The topological polar surface area (TPSA) is 106 Å². The van der Waals surface area contributed by atoms with Gasteiger partial charge in [0.2, 0.25) is 0 Å². The summed E-state index contributed by atoms with van der Waals surface area (Å²) in [6.45, 7) is 2.16. The van der Waals surface area contributed by atoms with E-state index < -0.39 is 35.3 Å². The lowest BCUT2D eigenvalue weighted by molar-refractivity contribution is -0.132. The molecule has 1 unspecified atom stereocenters. The van der Waals surface area contributed by atoms with Crippen molar-refractivity contribution in [1.82, 2.24) is 4.98 Å². The van der Waals surface area contributed by atoms with Crippen LogP contribution < -0.4 is 9.64 Å². The average molecular weight is 490 g/mol. The van der Waals surface area contributed by atoms with Crippen LogP contribution in [-0.2, 0) is 14.3 Å². The lowest BCUT2D eigenvalue weighted by Gasteiger charge is -2.25. The minimum absolute atomic E-state index is 0.0709. The summed E-state index contributed by atoms with van der Waals surface area (Å²) in [6, 6.07) is 11.7. The number of hydrogen-bond acceptors (Lipinski definition) is 7. The first-order chi connectivity index (χ1) is 17.4. The number of rotatable bonds is 7. The number of Topliss-reactive ketones (excluding diaryl/α,β-unsaturated/α-hetero) is 1. The van der Waals surface area contributed by atoms with Gasteiger partial charge in [0.25, 0.3) is 11.7 Å². The minimum atomic E-state index is -1.07. The molecular formula is C27H23FN2O6. The lowest BCUT2D eigenvalue weighted by atomic mass is 9.95. The maximum Gasteiger partial charge on any atom is 0.338 e. The highest BCUT2D eigenvalue weighted by Gasteiger charge is 2.47. The van der Waals surface area contributed by atoms with E-state index in [1.807, 2.05) is 6.92 Å². The Hall–Kier alpha value is -4.53. The maximum absolute atomic E-state index is 14.0. The molecule has 1 fully saturated rings. The van der Waals surface area contributed by atoms with Crippen molar-refractivity contribution in [3.05, 3.63) is 95.1 Å². The summed E-state index contributed by atoms with van der Waals surface area (Å²) in [6.07, 6.45) is 3.67. The number of ether oxygens (including phenoxy) is 2. The monoisotopic (exact) mass is 490 g/mol. The molecule has 1 amide bonds. The molecule has 184 valence electrons. The van der Waals surface area contributed by atoms with E-state index in [2.05, 4.69) is 4.98 Å². The summed E-state index contributed by atoms with van der Waals surface area (Å²) in [7, 11) is 1.34. The van der Waals surface area contributed by atoms with Crippen molar-refractivity contribution in [2.24, 2.45) is 0 Å². The van der Waals surface area contributed by atoms with Crippen molar-refractivity contribution >= 4 is 29.1 Å². The zero-order valence-electron chi connectivity index (χ0n) is 19.6. The second kappa shape index (κ2) is 10.4. The number of aliphatic hydroxyl groups is 1. The molecule has 1 atom stereocenters. The quantitative estimate of drug-likeness (QED) is 0.226. The lowest BCUT2D eigenvalue weighted by Crippen LogP contribution is -2.29. The minimum Gasteiger partial charge on any atom is -0.507 e. The number of amides is 1. The fourth-order valence-electron chi connectivity index (χ4n) is 4.00. The smallest absolute Gasteiger partial charge is 0.338 e. The van der Waals surface area contributed by atoms with Gasteiger partial charge in [-0.15, -0.1) is 0 Å². The van der Waals surface area contributed by atoms with Gasteiger partial charge in [-0.1, -0.05) is 13.0 Å². The first kappa shape index (κ1) is 24.6. The third-order valence-electron chi connectivity index (χ3n) is 5.68. The number of halogens is 1. The van der Waals surface area contributed by atoms with Crippen molar-refractivity contribution in [3.8, 4) is 5.75 Å². The van der Waals surface area contributed by atoms with E-state index in [1.165, 1.54) is 54.7 Å². The number of pyridine rings is 1. The number of methoxy groups -OCH3 is 1. The van der Waals surface area contributed by atoms with E-state index in [9.17, 15) is 23.9 Å². The molecule has 2 aromatic carbocycles.